The van der Waals surface area contributed by atoms with E-state index in [-0.39, 0.29) is 30.2 Å². The van der Waals surface area contributed by atoms with E-state index in [0.29, 0.717) is 19.5 Å². The standard InChI is InChI=1S/C18H26N2O3.ClH/c1-13-4-3-5-15(8-13)9-16(18(22)23-2)11-20-17(21)12-19-10-14-6-7-14;/h3-5,8,14,16,19H,6-7,9-12H2,1-2H3,(H,20,21);1H. The summed E-state index contributed by atoms with van der Waals surface area (Å²) in [6, 6.07) is 8.03. The second-order valence-corrected chi connectivity index (χ2v) is 6.29. The van der Waals surface area contributed by atoms with Crippen LogP contribution in [-0.4, -0.2) is 38.6 Å². The Hall–Kier alpha value is -1.59. The Morgan fingerprint density at radius 3 is 2.71 bits per heavy atom. The maximum absolute atomic E-state index is 11.9. The summed E-state index contributed by atoms with van der Waals surface area (Å²) in [5, 5.41) is 5.97. The van der Waals surface area contributed by atoms with Crippen molar-refractivity contribution in [3.63, 3.8) is 0 Å². The first-order valence-electron chi connectivity index (χ1n) is 8.19. The minimum atomic E-state index is -0.366. The summed E-state index contributed by atoms with van der Waals surface area (Å²) in [4.78, 5) is 23.8. The Balaban J connectivity index is 0.00000288. The summed E-state index contributed by atoms with van der Waals surface area (Å²) in [6.07, 6.45) is 3.08. The van der Waals surface area contributed by atoms with Gasteiger partial charge in [0, 0.05) is 6.54 Å². The molecule has 1 saturated carbocycles. The highest BCUT2D eigenvalue weighted by atomic mass is 35.5. The highest BCUT2D eigenvalue weighted by molar-refractivity contribution is 5.85. The van der Waals surface area contributed by atoms with Crippen molar-refractivity contribution in [3.05, 3.63) is 35.4 Å². The molecular weight excluding hydrogens is 328 g/mol. The molecule has 1 unspecified atom stereocenters. The summed E-state index contributed by atoms with van der Waals surface area (Å²) in [5.41, 5.74) is 2.22. The molecule has 1 atom stereocenters. The van der Waals surface area contributed by atoms with Crippen LogP contribution in [0.4, 0.5) is 0 Å². The quantitative estimate of drug-likeness (QED) is 0.664. The lowest BCUT2D eigenvalue weighted by Gasteiger charge is -2.16. The van der Waals surface area contributed by atoms with Crippen molar-refractivity contribution in [1.29, 1.82) is 0 Å². The number of carbonyl (C=O) groups excluding carboxylic acids is 2. The number of hydrogen-bond acceptors (Lipinski definition) is 4. The molecule has 1 aromatic rings. The summed E-state index contributed by atoms with van der Waals surface area (Å²) in [7, 11) is 1.38. The monoisotopic (exact) mass is 354 g/mol. The molecule has 24 heavy (non-hydrogen) atoms. The Labute approximate surface area is 149 Å². The summed E-state index contributed by atoms with van der Waals surface area (Å²) in [6.45, 7) is 3.51. The molecular formula is C18H27ClN2O3. The number of aryl methyl sites for hydroxylation is 1. The maximum Gasteiger partial charge on any atom is 0.310 e. The van der Waals surface area contributed by atoms with E-state index in [0.717, 1.165) is 23.6 Å². The van der Waals surface area contributed by atoms with Crippen LogP contribution in [-0.2, 0) is 20.7 Å². The largest absolute Gasteiger partial charge is 0.469 e. The fraction of sp³-hybridized carbons (Fsp3) is 0.556. The average Bonchev–Trinajstić information content (AvgIpc) is 3.35. The van der Waals surface area contributed by atoms with Gasteiger partial charge in [-0.25, -0.2) is 0 Å². The van der Waals surface area contributed by atoms with Crippen LogP contribution >= 0.6 is 12.4 Å². The van der Waals surface area contributed by atoms with Gasteiger partial charge in [-0.05, 0) is 44.2 Å². The second kappa shape index (κ2) is 10.3. The van der Waals surface area contributed by atoms with Gasteiger partial charge in [0.25, 0.3) is 0 Å². The van der Waals surface area contributed by atoms with Gasteiger partial charge in [0.2, 0.25) is 5.91 Å². The minimum Gasteiger partial charge on any atom is -0.469 e. The number of hydrogen-bond donors (Lipinski definition) is 2. The SMILES string of the molecule is COC(=O)C(CNC(=O)CNCC1CC1)Cc1cccc(C)c1.Cl. The molecule has 0 radical (unpaired) electrons. The smallest absolute Gasteiger partial charge is 0.310 e. The van der Waals surface area contributed by atoms with Gasteiger partial charge in [-0.15, -0.1) is 12.4 Å². The number of amides is 1. The van der Waals surface area contributed by atoms with E-state index >= 15 is 0 Å². The molecule has 0 spiro atoms. The summed E-state index contributed by atoms with van der Waals surface area (Å²) < 4.78 is 4.86. The predicted octanol–water partition coefficient (Wildman–Crippen LogP) is 1.86. The van der Waals surface area contributed by atoms with Crippen LogP contribution in [0.2, 0.25) is 0 Å². The van der Waals surface area contributed by atoms with Crippen LogP contribution in [0.3, 0.4) is 0 Å². The van der Waals surface area contributed by atoms with Gasteiger partial charge < -0.3 is 15.4 Å². The molecule has 1 aliphatic carbocycles. The lowest BCUT2D eigenvalue weighted by atomic mass is 9.98. The topological polar surface area (TPSA) is 67.4 Å². The van der Waals surface area contributed by atoms with Crippen molar-refractivity contribution in [1.82, 2.24) is 10.6 Å². The highest BCUT2D eigenvalue weighted by Gasteiger charge is 2.22. The molecule has 0 heterocycles. The maximum atomic E-state index is 11.9. The van der Waals surface area contributed by atoms with E-state index < -0.39 is 0 Å². The van der Waals surface area contributed by atoms with Crippen LogP contribution in [0.15, 0.2) is 24.3 Å². The van der Waals surface area contributed by atoms with Crippen molar-refractivity contribution < 1.29 is 14.3 Å². The zero-order valence-electron chi connectivity index (χ0n) is 14.3. The van der Waals surface area contributed by atoms with Gasteiger partial charge in [-0.3, -0.25) is 9.59 Å². The molecule has 1 aromatic carbocycles. The fourth-order valence-electron chi connectivity index (χ4n) is 2.54. The molecule has 0 aliphatic heterocycles. The molecule has 0 aromatic heterocycles. The third kappa shape index (κ3) is 7.32. The first kappa shape index (κ1) is 20.5. The summed E-state index contributed by atoms with van der Waals surface area (Å²) in [5.74, 6) is 0.00246. The third-order valence-corrected chi connectivity index (χ3v) is 4.06. The molecule has 1 fully saturated rings. The fourth-order valence-corrected chi connectivity index (χ4v) is 2.54. The van der Waals surface area contributed by atoms with Gasteiger partial charge in [0.05, 0.1) is 19.6 Å². The third-order valence-electron chi connectivity index (χ3n) is 4.06. The minimum absolute atomic E-state index is 0. The molecule has 5 nitrogen and oxygen atoms in total. The molecule has 0 saturated heterocycles. The molecule has 1 aliphatic rings. The van der Waals surface area contributed by atoms with Crippen molar-refractivity contribution in [2.24, 2.45) is 11.8 Å². The van der Waals surface area contributed by atoms with Gasteiger partial charge in [-0.2, -0.15) is 0 Å². The molecule has 1 amide bonds. The first-order chi connectivity index (χ1) is 11.1. The normalized spacial score (nSPS) is 14.4. The molecule has 6 heteroatoms. The molecule has 0 bridgehead atoms. The Bertz CT molecular complexity index is 547. The van der Waals surface area contributed by atoms with Crippen molar-refractivity contribution in [3.8, 4) is 0 Å². The number of rotatable bonds is 9. The van der Waals surface area contributed by atoms with Crippen molar-refractivity contribution >= 4 is 24.3 Å². The van der Waals surface area contributed by atoms with Crippen LogP contribution in [0.1, 0.15) is 24.0 Å². The lowest BCUT2D eigenvalue weighted by molar-refractivity contribution is -0.145. The zero-order valence-corrected chi connectivity index (χ0v) is 15.2. The van der Waals surface area contributed by atoms with Gasteiger partial charge in [0.1, 0.15) is 0 Å². The summed E-state index contributed by atoms with van der Waals surface area (Å²) >= 11 is 0. The Morgan fingerprint density at radius 2 is 2.08 bits per heavy atom. The zero-order chi connectivity index (χ0) is 16.7. The molecule has 134 valence electrons. The van der Waals surface area contributed by atoms with Gasteiger partial charge in [-0.1, -0.05) is 29.8 Å². The van der Waals surface area contributed by atoms with Crippen molar-refractivity contribution in [2.45, 2.75) is 26.2 Å². The number of ether oxygens (including phenoxy) is 1. The average molecular weight is 355 g/mol. The molecule has 2 rings (SSSR count). The Kier molecular flexibility index (Phi) is 8.79. The number of nitrogens with one attached hydrogen (secondary N) is 2. The van der Waals surface area contributed by atoms with Crippen LogP contribution in [0.5, 0.6) is 0 Å². The number of carbonyl (C=O) groups is 2. The van der Waals surface area contributed by atoms with Crippen molar-refractivity contribution in [2.75, 3.05) is 26.7 Å². The lowest BCUT2D eigenvalue weighted by Crippen LogP contribution is -2.39. The second-order valence-electron chi connectivity index (χ2n) is 6.29. The van der Waals surface area contributed by atoms with E-state index in [4.69, 9.17) is 4.74 Å². The highest BCUT2D eigenvalue weighted by Crippen LogP contribution is 2.27. The van der Waals surface area contributed by atoms with Crippen LogP contribution in [0.25, 0.3) is 0 Å². The predicted molar refractivity (Wildman–Crippen MR) is 96.2 cm³/mol. The number of halogens is 1. The van der Waals surface area contributed by atoms with Gasteiger partial charge in [0.15, 0.2) is 0 Å². The van der Waals surface area contributed by atoms with Crippen LogP contribution in [0, 0.1) is 18.8 Å². The first-order valence-corrected chi connectivity index (χ1v) is 8.19. The Morgan fingerprint density at radius 1 is 1.33 bits per heavy atom. The van der Waals surface area contributed by atoms with E-state index in [1.807, 2.05) is 25.1 Å². The number of esters is 1. The van der Waals surface area contributed by atoms with E-state index in [1.54, 1.807) is 0 Å². The van der Waals surface area contributed by atoms with Gasteiger partial charge >= 0.3 is 5.97 Å². The number of methoxy groups -OCH3 is 1. The van der Waals surface area contributed by atoms with E-state index in [1.165, 1.54) is 20.0 Å². The number of benzene rings is 1. The van der Waals surface area contributed by atoms with E-state index in [9.17, 15) is 9.59 Å². The van der Waals surface area contributed by atoms with E-state index in [2.05, 4.69) is 16.7 Å². The van der Waals surface area contributed by atoms with Crippen LogP contribution < -0.4 is 10.6 Å². The molecule has 2 N–H and O–H groups in total.